The molecule has 2 nitrogen and oxygen atoms in total. The molecule has 0 saturated heterocycles. The lowest BCUT2D eigenvalue weighted by atomic mass is 10.4. The van der Waals surface area contributed by atoms with Crippen molar-refractivity contribution in [2.75, 3.05) is 33.2 Å². The third-order valence-corrected chi connectivity index (χ3v) is 2.07. The summed E-state index contributed by atoms with van der Waals surface area (Å²) in [6.45, 7) is 12.7. The van der Waals surface area contributed by atoms with E-state index in [1.807, 2.05) is 6.20 Å². The summed E-state index contributed by atoms with van der Waals surface area (Å²) >= 11 is 0. The Hall–Kier alpha value is -0.500. The maximum atomic E-state index is 3.72. The van der Waals surface area contributed by atoms with Crippen molar-refractivity contribution in [1.82, 2.24) is 9.80 Å². The van der Waals surface area contributed by atoms with Gasteiger partial charge < -0.3 is 9.80 Å². The molecule has 0 spiro atoms. The van der Waals surface area contributed by atoms with E-state index >= 15 is 0 Å². The number of rotatable bonds is 7. The SMILES string of the molecule is C=CN(C)CCN(CC)CCC. The van der Waals surface area contributed by atoms with E-state index in [-0.39, 0.29) is 0 Å². The van der Waals surface area contributed by atoms with E-state index in [0.717, 1.165) is 19.6 Å². The maximum Gasteiger partial charge on any atom is 0.0296 e. The molecule has 0 fully saturated rings. The molecule has 0 aromatic carbocycles. The first-order chi connectivity index (χ1) is 5.74. The second-order valence-electron chi connectivity index (χ2n) is 3.10. The highest BCUT2D eigenvalue weighted by Crippen LogP contribution is 1.91. The standard InChI is InChI=1S/C10H22N2/c1-5-8-12(7-3)10-9-11(4)6-2/h6H,2,5,7-10H2,1,3-4H3. The summed E-state index contributed by atoms with van der Waals surface area (Å²) in [5, 5.41) is 0. The molecular weight excluding hydrogens is 148 g/mol. The van der Waals surface area contributed by atoms with Gasteiger partial charge in [0.1, 0.15) is 0 Å². The Balaban J connectivity index is 3.49. The molecule has 0 heterocycles. The molecule has 0 N–H and O–H groups in total. The van der Waals surface area contributed by atoms with Crippen LogP contribution in [0.15, 0.2) is 12.8 Å². The molecule has 2 heteroatoms. The Labute approximate surface area is 76.9 Å². The lowest BCUT2D eigenvalue weighted by Gasteiger charge is -2.22. The first-order valence-corrected chi connectivity index (χ1v) is 4.79. The monoisotopic (exact) mass is 170 g/mol. The van der Waals surface area contributed by atoms with E-state index in [1.165, 1.54) is 13.0 Å². The largest absolute Gasteiger partial charge is 0.380 e. The summed E-state index contributed by atoms with van der Waals surface area (Å²) in [6, 6.07) is 0. The average Bonchev–Trinajstić information content (AvgIpc) is 2.11. The minimum atomic E-state index is 1.08. The first kappa shape index (κ1) is 11.5. The number of hydrogen-bond acceptors (Lipinski definition) is 2. The van der Waals surface area contributed by atoms with Gasteiger partial charge in [-0.05, 0) is 25.7 Å². The predicted molar refractivity (Wildman–Crippen MR) is 55.2 cm³/mol. The summed E-state index contributed by atoms with van der Waals surface area (Å²) in [6.07, 6.45) is 3.12. The molecule has 0 unspecified atom stereocenters. The van der Waals surface area contributed by atoms with Gasteiger partial charge in [0.2, 0.25) is 0 Å². The zero-order valence-electron chi connectivity index (χ0n) is 8.71. The van der Waals surface area contributed by atoms with Crippen LogP contribution in [0.4, 0.5) is 0 Å². The lowest BCUT2D eigenvalue weighted by Crippen LogP contribution is -2.31. The van der Waals surface area contributed by atoms with Crippen molar-refractivity contribution in [3.8, 4) is 0 Å². The first-order valence-electron chi connectivity index (χ1n) is 4.79. The van der Waals surface area contributed by atoms with E-state index in [2.05, 4.69) is 37.3 Å². The van der Waals surface area contributed by atoms with Crippen LogP contribution in [0.2, 0.25) is 0 Å². The molecule has 0 bridgehead atoms. The molecule has 0 aromatic rings. The van der Waals surface area contributed by atoms with Crippen LogP contribution < -0.4 is 0 Å². The molecule has 0 radical (unpaired) electrons. The summed E-state index contributed by atoms with van der Waals surface area (Å²) in [5.74, 6) is 0. The van der Waals surface area contributed by atoms with Gasteiger partial charge in [-0.3, -0.25) is 0 Å². The van der Waals surface area contributed by atoms with Crippen molar-refractivity contribution in [3.63, 3.8) is 0 Å². The number of nitrogens with zero attached hydrogens (tertiary/aromatic N) is 2. The van der Waals surface area contributed by atoms with Gasteiger partial charge in [0.15, 0.2) is 0 Å². The molecule has 0 aromatic heterocycles. The normalized spacial score (nSPS) is 10.3. The van der Waals surface area contributed by atoms with Gasteiger partial charge in [-0.2, -0.15) is 0 Å². The molecule has 0 aliphatic rings. The van der Waals surface area contributed by atoms with Gasteiger partial charge in [-0.1, -0.05) is 20.4 Å². The fourth-order valence-electron chi connectivity index (χ4n) is 1.13. The van der Waals surface area contributed by atoms with Crippen LogP contribution in [0.1, 0.15) is 20.3 Å². The zero-order valence-corrected chi connectivity index (χ0v) is 8.71. The fraction of sp³-hybridized carbons (Fsp3) is 0.800. The Morgan fingerprint density at radius 1 is 1.17 bits per heavy atom. The van der Waals surface area contributed by atoms with Gasteiger partial charge >= 0.3 is 0 Å². The highest BCUT2D eigenvalue weighted by atomic mass is 15.2. The van der Waals surface area contributed by atoms with Crippen molar-refractivity contribution < 1.29 is 0 Å². The predicted octanol–water partition coefficient (Wildman–Crippen LogP) is 1.79. The Morgan fingerprint density at radius 2 is 1.83 bits per heavy atom. The maximum absolute atomic E-state index is 3.72. The lowest BCUT2D eigenvalue weighted by molar-refractivity contribution is 0.260. The minimum Gasteiger partial charge on any atom is -0.380 e. The highest BCUT2D eigenvalue weighted by Gasteiger charge is 2.00. The Bertz CT molecular complexity index is 112. The van der Waals surface area contributed by atoms with Crippen LogP contribution in [0.5, 0.6) is 0 Å². The smallest absolute Gasteiger partial charge is 0.0296 e. The molecule has 0 aliphatic carbocycles. The molecule has 0 atom stereocenters. The van der Waals surface area contributed by atoms with Crippen molar-refractivity contribution in [2.24, 2.45) is 0 Å². The molecular formula is C10H22N2. The summed E-state index contributed by atoms with van der Waals surface area (Å²) in [5.41, 5.74) is 0. The van der Waals surface area contributed by atoms with Crippen LogP contribution in [-0.4, -0.2) is 43.0 Å². The van der Waals surface area contributed by atoms with Crippen LogP contribution in [0.25, 0.3) is 0 Å². The molecule has 0 aliphatic heterocycles. The van der Waals surface area contributed by atoms with Crippen LogP contribution in [0.3, 0.4) is 0 Å². The number of hydrogen-bond donors (Lipinski definition) is 0. The van der Waals surface area contributed by atoms with Crippen LogP contribution in [0, 0.1) is 0 Å². The molecule has 0 rings (SSSR count). The zero-order chi connectivity index (χ0) is 9.40. The minimum absolute atomic E-state index is 1.08. The van der Waals surface area contributed by atoms with Gasteiger partial charge in [-0.25, -0.2) is 0 Å². The topological polar surface area (TPSA) is 6.48 Å². The van der Waals surface area contributed by atoms with Gasteiger partial charge in [0.25, 0.3) is 0 Å². The van der Waals surface area contributed by atoms with E-state index < -0.39 is 0 Å². The van der Waals surface area contributed by atoms with E-state index in [1.54, 1.807) is 0 Å². The molecule has 0 saturated carbocycles. The third-order valence-electron chi connectivity index (χ3n) is 2.07. The Kier molecular flexibility index (Phi) is 6.87. The average molecular weight is 170 g/mol. The molecule has 72 valence electrons. The third kappa shape index (κ3) is 5.19. The van der Waals surface area contributed by atoms with Gasteiger partial charge in [-0.15, -0.1) is 0 Å². The highest BCUT2D eigenvalue weighted by molar-refractivity contribution is 4.67. The van der Waals surface area contributed by atoms with Crippen molar-refractivity contribution in [2.45, 2.75) is 20.3 Å². The quantitative estimate of drug-likeness (QED) is 0.575. The van der Waals surface area contributed by atoms with Gasteiger partial charge in [0, 0.05) is 20.1 Å². The Morgan fingerprint density at radius 3 is 2.25 bits per heavy atom. The summed E-state index contributed by atoms with van der Waals surface area (Å²) < 4.78 is 0. The summed E-state index contributed by atoms with van der Waals surface area (Å²) in [7, 11) is 2.06. The second kappa shape index (κ2) is 7.17. The number of likely N-dealkylation sites (N-methyl/N-ethyl adjacent to an activating group) is 2. The van der Waals surface area contributed by atoms with Crippen LogP contribution in [-0.2, 0) is 0 Å². The fourth-order valence-corrected chi connectivity index (χ4v) is 1.13. The van der Waals surface area contributed by atoms with E-state index in [4.69, 9.17) is 0 Å². The van der Waals surface area contributed by atoms with Crippen molar-refractivity contribution >= 4 is 0 Å². The second-order valence-corrected chi connectivity index (χ2v) is 3.10. The van der Waals surface area contributed by atoms with Crippen molar-refractivity contribution in [3.05, 3.63) is 12.8 Å². The summed E-state index contributed by atoms with van der Waals surface area (Å²) in [4.78, 5) is 4.58. The van der Waals surface area contributed by atoms with Gasteiger partial charge in [0.05, 0.1) is 0 Å². The molecule has 12 heavy (non-hydrogen) atoms. The van der Waals surface area contributed by atoms with Crippen LogP contribution >= 0.6 is 0 Å². The van der Waals surface area contributed by atoms with E-state index in [0.29, 0.717) is 0 Å². The molecule has 0 amide bonds. The van der Waals surface area contributed by atoms with E-state index in [9.17, 15) is 0 Å². The van der Waals surface area contributed by atoms with Crippen molar-refractivity contribution in [1.29, 1.82) is 0 Å².